The van der Waals surface area contributed by atoms with Crippen molar-refractivity contribution in [2.24, 2.45) is 13.0 Å². The summed E-state index contributed by atoms with van der Waals surface area (Å²) in [6.45, 7) is 3.92. The number of hydrogen-bond donors (Lipinski definition) is 2. The number of rotatable bonds is 5. The number of piperidine rings is 1. The Kier molecular flexibility index (Phi) is 4.96. The molecule has 2 N–H and O–H groups in total. The van der Waals surface area contributed by atoms with E-state index in [1.807, 2.05) is 19.3 Å². The largest absolute Gasteiger partial charge is 0.356 e. The number of nitrogens with one attached hydrogen (secondary N) is 2. The minimum atomic E-state index is 0.141. The lowest BCUT2D eigenvalue weighted by atomic mass is 9.90. The SMILES string of the molecule is CC1CCCNC1CC(=O)NCCc1ccn(C)n1. The van der Waals surface area contributed by atoms with Crippen LogP contribution in [0.4, 0.5) is 0 Å². The van der Waals surface area contributed by atoms with Crippen LogP contribution in [0.15, 0.2) is 12.3 Å². The lowest BCUT2D eigenvalue weighted by Gasteiger charge is -2.29. The highest BCUT2D eigenvalue weighted by Crippen LogP contribution is 2.17. The Labute approximate surface area is 114 Å². The van der Waals surface area contributed by atoms with Crippen molar-refractivity contribution in [2.45, 2.75) is 38.6 Å². The van der Waals surface area contributed by atoms with Crippen molar-refractivity contribution in [3.63, 3.8) is 0 Å². The molecule has 1 saturated heterocycles. The van der Waals surface area contributed by atoms with Gasteiger partial charge in [-0.25, -0.2) is 0 Å². The van der Waals surface area contributed by atoms with Gasteiger partial charge in [0, 0.05) is 38.7 Å². The maximum atomic E-state index is 11.9. The summed E-state index contributed by atoms with van der Waals surface area (Å²) < 4.78 is 1.78. The Bertz CT molecular complexity index is 415. The fourth-order valence-electron chi connectivity index (χ4n) is 2.59. The van der Waals surface area contributed by atoms with Crippen LogP contribution in [-0.2, 0) is 18.3 Å². The zero-order chi connectivity index (χ0) is 13.7. The second-order valence-corrected chi connectivity index (χ2v) is 5.46. The second-order valence-electron chi connectivity index (χ2n) is 5.46. The van der Waals surface area contributed by atoms with Gasteiger partial charge in [-0.2, -0.15) is 5.10 Å². The van der Waals surface area contributed by atoms with Crippen molar-refractivity contribution in [3.8, 4) is 0 Å². The first-order chi connectivity index (χ1) is 9.15. The Hall–Kier alpha value is -1.36. The van der Waals surface area contributed by atoms with Crippen LogP contribution in [0.2, 0.25) is 0 Å². The van der Waals surface area contributed by atoms with Crippen LogP contribution < -0.4 is 10.6 Å². The first-order valence-electron chi connectivity index (χ1n) is 7.14. The summed E-state index contributed by atoms with van der Waals surface area (Å²) in [6.07, 6.45) is 5.74. The first-order valence-corrected chi connectivity index (χ1v) is 7.14. The fraction of sp³-hybridized carbons (Fsp3) is 0.714. The van der Waals surface area contributed by atoms with E-state index in [-0.39, 0.29) is 5.91 Å². The van der Waals surface area contributed by atoms with Crippen LogP contribution in [0.1, 0.15) is 31.9 Å². The molecule has 0 bridgehead atoms. The van der Waals surface area contributed by atoms with Gasteiger partial charge in [0.15, 0.2) is 0 Å². The van der Waals surface area contributed by atoms with Crippen molar-refractivity contribution in [3.05, 3.63) is 18.0 Å². The molecule has 1 fully saturated rings. The van der Waals surface area contributed by atoms with Crippen molar-refractivity contribution >= 4 is 5.91 Å². The van der Waals surface area contributed by atoms with Gasteiger partial charge < -0.3 is 10.6 Å². The molecule has 2 atom stereocenters. The molecule has 0 aromatic carbocycles. The van der Waals surface area contributed by atoms with E-state index in [0.29, 0.717) is 24.9 Å². The maximum absolute atomic E-state index is 11.9. The van der Waals surface area contributed by atoms with E-state index in [1.54, 1.807) is 4.68 Å². The average molecular weight is 264 g/mol. The number of aryl methyl sites for hydroxylation is 1. The number of hydrogen-bond acceptors (Lipinski definition) is 3. The lowest BCUT2D eigenvalue weighted by molar-refractivity contribution is -0.121. The number of aromatic nitrogens is 2. The van der Waals surface area contributed by atoms with Crippen LogP contribution >= 0.6 is 0 Å². The van der Waals surface area contributed by atoms with E-state index >= 15 is 0 Å². The molecule has 0 aliphatic carbocycles. The summed E-state index contributed by atoms with van der Waals surface area (Å²) in [4.78, 5) is 11.9. The molecular weight excluding hydrogens is 240 g/mol. The molecule has 0 radical (unpaired) electrons. The van der Waals surface area contributed by atoms with E-state index in [1.165, 1.54) is 12.8 Å². The molecule has 5 nitrogen and oxygen atoms in total. The Morgan fingerprint density at radius 1 is 1.63 bits per heavy atom. The molecular formula is C14H24N4O. The molecule has 2 unspecified atom stereocenters. The monoisotopic (exact) mass is 264 g/mol. The zero-order valence-electron chi connectivity index (χ0n) is 11.9. The summed E-state index contributed by atoms with van der Waals surface area (Å²) >= 11 is 0. The topological polar surface area (TPSA) is 59.0 Å². The quantitative estimate of drug-likeness (QED) is 0.829. The standard InChI is InChI=1S/C14H24N4O/c1-11-4-3-7-15-13(11)10-14(19)16-8-5-12-6-9-18(2)17-12/h6,9,11,13,15H,3-5,7-8,10H2,1-2H3,(H,16,19). The smallest absolute Gasteiger partial charge is 0.221 e. The lowest BCUT2D eigenvalue weighted by Crippen LogP contribution is -2.43. The molecule has 106 valence electrons. The molecule has 1 aliphatic rings. The van der Waals surface area contributed by atoms with Gasteiger partial charge >= 0.3 is 0 Å². The highest BCUT2D eigenvalue weighted by Gasteiger charge is 2.22. The van der Waals surface area contributed by atoms with Gasteiger partial charge in [-0.05, 0) is 31.4 Å². The number of carbonyl (C=O) groups is 1. The molecule has 2 heterocycles. The fourth-order valence-corrected chi connectivity index (χ4v) is 2.59. The summed E-state index contributed by atoms with van der Waals surface area (Å²) in [5.41, 5.74) is 1.02. The third kappa shape index (κ3) is 4.35. The summed E-state index contributed by atoms with van der Waals surface area (Å²) in [5.74, 6) is 0.734. The zero-order valence-corrected chi connectivity index (χ0v) is 11.9. The third-order valence-corrected chi connectivity index (χ3v) is 3.81. The molecule has 2 rings (SSSR count). The van der Waals surface area contributed by atoms with Crippen LogP contribution in [0.3, 0.4) is 0 Å². The van der Waals surface area contributed by atoms with Crippen LogP contribution in [-0.4, -0.2) is 34.8 Å². The van der Waals surface area contributed by atoms with E-state index < -0.39 is 0 Å². The van der Waals surface area contributed by atoms with Crippen molar-refractivity contribution in [2.75, 3.05) is 13.1 Å². The van der Waals surface area contributed by atoms with Gasteiger partial charge in [0.05, 0.1) is 5.69 Å². The Balaban J connectivity index is 1.66. The molecule has 5 heteroatoms. The van der Waals surface area contributed by atoms with Gasteiger partial charge in [0.25, 0.3) is 0 Å². The average Bonchev–Trinajstić information content (AvgIpc) is 2.78. The summed E-state index contributed by atoms with van der Waals surface area (Å²) in [7, 11) is 1.90. The van der Waals surface area contributed by atoms with E-state index in [4.69, 9.17) is 0 Å². The van der Waals surface area contributed by atoms with Crippen LogP contribution in [0.5, 0.6) is 0 Å². The molecule has 0 saturated carbocycles. The highest BCUT2D eigenvalue weighted by atomic mass is 16.1. The van der Waals surface area contributed by atoms with E-state index in [9.17, 15) is 4.79 Å². The van der Waals surface area contributed by atoms with Crippen LogP contribution in [0, 0.1) is 5.92 Å². The molecule has 1 amide bonds. The van der Waals surface area contributed by atoms with E-state index in [0.717, 1.165) is 18.7 Å². The molecule has 1 aliphatic heterocycles. The van der Waals surface area contributed by atoms with Crippen molar-refractivity contribution in [1.29, 1.82) is 0 Å². The number of nitrogens with zero attached hydrogens (tertiary/aromatic N) is 2. The van der Waals surface area contributed by atoms with E-state index in [2.05, 4.69) is 22.7 Å². The summed E-state index contributed by atoms with van der Waals surface area (Å²) in [5, 5.41) is 10.7. The van der Waals surface area contributed by atoms with Crippen molar-refractivity contribution in [1.82, 2.24) is 20.4 Å². The minimum absolute atomic E-state index is 0.141. The maximum Gasteiger partial charge on any atom is 0.221 e. The van der Waals surface area contributed by atoms with Gasteiger partial charge in [-0.3, -0.25) is 9.48 Å². The minimum Gasteiger partial charge on any atom is -0.356 e. The summed E-state index contributed by atoms with van der Waals surface area (Å²) in [6, 6.07) is 2.32. The Morgan fingerprint density at radius 3 is 3.16 bits per heavy atom. The van der Waals surface area contributed by atoms with Gasteiger partial charge in [-0.1, -0.05) is 6.92 Å². The number of carbonyl (C=O) groups excluding carboxylic acids is 1. The normalized spacial score (nSPS) is 23.3. The van der Waals surface area contributed by atoms with Gasteiger partial charge in [0.2, 0.25) is 5.91 Å². The molecule has 19 heavy (non-hydrogen) atoms. The third-order valence-electron chi connectivity index (χ3n) is 3.81. The van der Waals surface area contributed by atoms with Crippen LogP contribution in [0.25, 0.3) is 0 Å². The highest BCUT2D eigenvalue weighted by molar-refractivity contribution is 5.76. The Morgan fingerprint density at radius 2 is 2.47 bits per heavy atom. The first kappa shape index (κ1) is 14.1. The second kappa shape index (κ2) is 6.70. The van der Waals surface area contributed by atoms with Gasteiger partial charge in [0.1, 0.15) is 0 Å². The predicted molar refractivity (Wildman–Crippen MR) is 74.7 cm³/mol. The predicted octanol–water partition coefficient (Wildman–Crippen LogP) is 0.857. The van der Waals surface area contributed by atoms with Crippen molar-refractivity contribution < 1.29 is 4.79 Å². The number of amides is 1. The van der Waals surface area contributed by atoms with Gasteiger partial charge in [-0.15, -0.1) is 0 Å². The molecule has 1 aromatic rings. The molecule has 1 aromatic heterocycles. The molecule has 0 spiro atoms.